The van der Waals surface area contributed by atoms with E-state index >= 15 is 0 Å². The maximum atomic E-state index is 11.4. The Balaban J connectivity index is 2.28. The zero-order chi connectivity index (χ0) is 14.3. The van der Waals surface area contributed by atoms with Crippen LogP contribution in [0.25, 0.3) is 0 Å². The number of carboxylic acid groups (broad SMARTS) is 1. The van der Waals surface area contributed by atoms with Crippen LogP contribution >= 0.6 is 0 Å². The number of carbonyl (C=O) groups is 2. The number of carbonyl (C=O) groups excluding carboxylic acids is 1. The van der Waals surface area contributed by atoms with Gasteiger partial charge in [0.15, 0.2) is 0 Å². The number of amides is 2. The number of hydrogen-bond acceptors (Lipinski definition) is 3. The van der Waals surface area contributed by atoms with E-state index in [0.717, 1.165) is 17.0 Å². The standard InChI is InChI=1S/C13H19N3O3/c1-9-6-11(7-10(2)16-9)8-15-13(19)14-5-3-4-12(17)18/h6-7H,3-5,8H2,1-2H3,(H,17,18)(H2,14,15,19). The monoisotopic (exact) mass is 265 g/mol. The smallest absolute Gasteiger partial charge is 0.315 e. The number of carboxylic acids is 1. The molecule has 1 heterocycles. The fourth-order valence-corrected chi connectivity index (χ4v) is 1.71. The van der Waals surface area contributed by atoms with E-state index in [-0.39, 0.29) is 12.5 Å². The van der Waals surface area contributed by atoms with E-state index in [1.54, 1.807) is 0 Å². The SMILES string of the molecule is Cc1cc(CNC(=O)NCCCC(=O)O)cc(C)n1. The number of nitrogens with zero attached hydrogens (tertiary/aromatic N) is 1. The topological polar surface area (TPSA) is 91.3 Å². The second-order valence-corrected chi connectivity index (χ2v) is 4.36. The number of urea groups is 1. The van der Waals surface area contributed by atoms with E-state index in [1.165, 1.54) is 0 Å². The van der Waals surface area contributed by atoms with Crippen LogP contribution in [-0.2, 0) is 11.3 Å². The van der Waals surface area contributed by atoms with Gasteiger partial charge in [-0.05, 0) is 38.0 Å². The lowest BCUT2D eigenvalue weighted by molar-refractivity contribution is -0.137. The number of aromatic nitrogens is 1. The average molecular weight is 265 g/mol. The molecule has 0 aliphatic carbocycles. The van der Waals surface area contributed by atoms with Gasteiger partial charge >= 0.3 is 12.0 Å². The molecular formula is C13H19N3O3. The van der Waals surface area contributed by atoms with E-state index in [9.17, 15) is 9.59 Å². The molecule has 0 unspecified atom stereocenters. The lowest BCUT2D eigenvalue weighted by Crippen LogP contribution is -2.35. The number of aliphatic carboxylic acids is 1. The van der Waals surface area contributed by atoms with Gasteiger partial charge in [-0.3, -0.25) is 9.78 Å². The van der Waals surface area contributed by atoms with Crippen LogP contribution in [0.5, 0.6) is 0 Å². The summed E-state index contributed by atoms with van der Waals surface area (Å²) < 4.78 is 0. The molecule has 0 saturated heterocycles. The first-order chi connectivity index (χ1) is 8.97. The van der Waals surface area contributed by atoms with Gasteiger partial charge < -0.3 is 15.7 Å². The molecule has 0 atom stereocenters. The molecule has 0 aromatic carbocycles. The molecule has 1 rings (SSSR count). The molecule has 0 saturated carbocycles. The van der Waals surface area contributed by atoms with Gasteiger partial charge in [0.25, 0.3) is 0 Å². The van der Waals surface area contributed by atoms with Crippen LogP contribution in [0, 0.1) is 13.8 Å². The third-order valence-corrected chi connectivity index (χ3v) is 2.45. The van der Waals surface area contributed by atoms with Crippen molar-refractivity contribution in [3.05, 3.63) is 29.1 Å². The molecule has 0 fully saturated rings. The van der Waals surface area contributed by atoms with Crippen LogP contribution in [-0.4, -0.2) is 28.6 Å². The van der Waals surface area contributed by atoms with E-state index in [2.05, 4.69) is 15.6 Å². The Kier molecular flexibility index (Phi) is 5.78. The van der Waals surface area contributed by atoms with Gasteiger partial charge in [-0.1, -0.05) is 0 Å². The van der Waals surface area contributed by atoms with E-state index in [1.807, 2.05) is 26.0 Å². The van der Waals surface area contributed by atoms with E-state index in [0.29, 0.717) is 19.5 Å². The minimum atomic E-state index is -0.857. The molecule has 0 spiro atoms. The lowest BCUT2D eigenvalue weighted by Gasteiger charge is -2.08. The molecule has 19 heavy (non-hydrogen) atoms. The molecule has 0 radical (unpaired) electrons. The average Bonchev–Trinajstić information content (AvgIpc) is 2.31. The minimum absolute atomic E-state index is 0.0586. The summed E-state index contributed by atoms with van der Waals surface area (Å²) >= 11 is 0. The molecule has 104 valence electrons. The van der Waals surface area contributed by atoms with Crippen LogP contribution < -0.4 is 10.6 Å². The molecular weight excluding hydrogens is 246 g/mol. The first-order valence-corrected chi connectivity index (χ1v) is 6.15. The molecule has 0 bridgehead atoms. The van der Waals surface area contributed by atoms with Gasteiger partial charge in [-0.25, -0.2) is 4.79 Å². The predicted octanol–water partition coefficient (Wildman–Crippen LogP) is 1.36. The third-order valence-electron chi connectivity index (χ3n) is 2.45. The molecule has 1 aromatic heterocycles. The van der Waals surface area contributed by atoms with Crippen molar-refractivity contribution < 1.29 is 14.7 Å². The summed E-state index contributed by atoms with van der Waals surface area (Å²) in [5.41, 5.74) is 2.82. The Labute approximate surface area is 112 Å². The Bertz CT molecular complexity index is 440. The lowest BCUT2D eigenvalue weighted by atomic mass is 10.2. The van der Waals surface area contributed by atoms with E-state index < -0.39 is 5.97 Å². The number of nitrogens with one attached hydrogen (secondary N) is 2. The molecule has 0 aliphatic heterocycles. The van der Waals surface area contributed by atoms with Crippen LogP contribution in [0.15, 0.2) is 12.1 Å². The Morgan fingerprint density at radius 2 is 1.84 bits per heavy atom. The van der Waals surface area contributed by atoms with Crippen molar-refractivity contribution in [1.82, 2.24) is 15.6 Å². The zero-order valence-corrected chi connectivity index (χ0v) is 11.2. The van der Waals surface area contributed by atoms with Crippen molar-refractivity contribution >= 4 is 12.0 Å². The minimum Gasteiger partial charge on any atom is -0.481 e. The first kappa shape index (κ1) is 14.9. The molecule has 2 amide bonds. The molecule has 3 N–H and O–H groups in total. The predicted molar refractivity (Wildman–Crippen MR) is 70.8 cm³/mol. The molecule has 6 heteroatoms. The molecule has 6 nitrogen and oxygen atoms in total. The Morgan fingerprint density at radius 1 is 1.21 bits per heavy atom. The van der Waals surface area contributed by atoms with Crippen molar-refractivity contribution in [2.45, 2.75) is 33.2 Å². The van der Waals surface area contributed by atoms with Crippen molar-refractivity contribution in [3.63, 3.8) is 0 Å². The molecule has 0 aliphatic rings. The van der Waals surface area contributed by atoms with Gasteiger partial charge in [0.2, 0.25) is 0 Å². The summed E-state index contributed by atoms with van der Waals surface area (Å²) in [5, 5.41) is 13.8. The third kappa shape index (κ3) is 6.40. The summed E-state index contributed by atoms with van der Waals surface area (Å²) in [5.74, 6) is -0.857. The highest BCUT2D eigenvalue weighted by Crippen LogP contribution is 2.04. The molecule has 1 aromatic rings. The maximum Gasteiger partial charge on any atom is 0.315 e. The summed E-state index contributed by atoms with van der Waals surface area (Å²) in [4.78, 5) is 26.0. The highest BCUT2D eigenvalue weighted by atomic mass is 16.4. The van der Waals surface area contributed by atoms with Crippen LogP contribution in [0.3, 0.4) is 0 Å². The number of aryl methyl sites for hydroxylation is 2. The Morgan fingerprint density at radius 3 is 2.42 bits per heavy atom. The van der Waals surface area contributed by atoms with Crippen LogP contribution in [0.2, 0.25) is 0 Å². The summed E-state index contributed by atoms with van der Waals surface area (Å²) in [7, 11) is 0. The number of pyridine rings is 1. The highest BCUT2D eigenvalue weighted by molar-refractivity contribution is 5.73. The summed E-state index contributed by atoms with van der Waals surface area (Å²) in [6.45, 7) is 4.59. The number of hydrogen-bond donors (Lipinski definition) is 3. The normalized spacial score (nSPS) is 10.0. The fourth-order valence-electron chi connectivity index (χ4n) is 1.71. The summed E-state index contributed by atoms with van der Waals surface area (Å²) in [6, 6.07) is 3.53. The Hall–Kier alpha value is -2.11. The van der Waals surface area contributed by atoms with Crippen LogP contribution in [0.4, 0.5) is 4.79 Å². The second kappa shape index (κ2) is 7.35. The first-order valence-electron chi connectivity index (χ1n) is 6.15. The maximum absolute atomic E-state index is 11.4. The van der Waals surface area contributed by atoms with Crippen molar-refractivity contribution in [3.8, 4) is 0 Å². The van der Waals surface area contributed by atoms with Crippen molar-refractivity contribution in [2.24, 2.45) is 0 Å². The van der Waals surface area contributed by atoms with E-state index in [4.69, 9.17) is 5.11 Å². The highest BCUT2D eigenvalue weighted by Gasteiger charge is 2.02. The van der Waals surface area contributed by atoms with Gasteiger partial charge in [-0.2, -0.15) is 0 Å². The quantitative estimate of drug-likeness (QED) is 0.677. The number of rotatable bonds is 6. The van der Waals surface area contributed by atoms with Crippen LogP contribution in [0.1, 0.15) is 29.8 Å². The van der Waals surface area contributed by atoms with Gasteiger partial charge in [0.05, 0.1) is 0 Å². The van der Waals surface area contributed by atoms with Crippen molar-refractivity contribution in [1.29, 1.82) is 0 Å². The van der Waals surface area contributed by atoms with Crippen molar-refractivity contribution in [2.75, 3.05) is 6.54 Å². The zero-order valence-electron chi connectivity index (χ0n) is 11.2. The largest absolute Gasteiger partial charge is 0.481 e. The second-order valence-electron chi connectivity index (χ2n) is 4.36. The van der Waals surface area contributed by atoms with Gasteiger partial charge in [0.1, 0.15) is 0 Å². The van der Waals surface area contributed by atoms with Gasteiger partial charge in [0, 0.05) is 30.9 Å². The fraction of sp³-hybridized carbons (Fsp3) is 0.462. The summed E-state index contributed by atoms with van der Waals surface area (Å²) in [6.07, 6.45) is 0.485. The van der Waals surface area contributed by atoms with Gasteiger partial charge in [-0.15, -0.1) is 0 Å².